The fraction of sp³-hybridized carbons (Fsp3) is 0.318. The fourth-order valence-corrected chi connectivity index (χ4v) is 3.97. The van der Waals surface area contributed by atoms with Gasteiger partial charge < -0.3 is 15.2 Å². The van der Waals surface area contributed by atoms with Gasteiger partial charge in [0, 0.05) is 5.75 Å². The average molecular weight is 479 g/mol. The molecule has 0 saturated heterocycles. The molecule has 0 spiro atoms. The van der Waals surface area contributed by atoms with Gasteiger partial charge in [-0.1, -0.05) is 49.4 Å². The van der Waals surface area contributed by atoms with Gasteiger partial charge in [-0.3, -0.25) is 14.6 Å². The van der Waals surface area contributed by atoms with Crippen LogP contribution in [-0.2, 0) is 30.3 Å². The van der Waals surface area contributed by atoms with Gasteiger partial charge in [-0.25, -0.2) is 9.59 Å². The van der Waals surface area contributed by atoms with E-state index in [4.69, 9.17) is 16.3 Å². The second kappa shape index (κ2) is 12.8. The molecule has 1 amide bonds. The molecular weight excluding hydrogens is 456 g/mol. The summed E-state index contributed by atoms with van der Waals surface area (Å²) in [6.45, 7) is 2.00. The highest BCUT2D eigenvalue weighted by molar-refractivity contribution is 8.00. The summed E-state index contributed by atoms with van der Waals surface area (Å²) in [4.78, 5) is 52.0. The molecule has 170 valence electrons. The number of halogens is 1. The van der Waals surface area contributed by atoms with Crippen molar-refractivity contribution < 1.29 is 29.0 Å². The number of hydrogen-bond donors (Lipinski definition) is 2. The van der Waals surface area contributed by atoms with E-state index in [1.165, 1.54) is 23.9 Å². The average Bonchev–Trinajstić information content (AvgIpc) is 2.76. The molecule has 1 heterocycles. The number of nitrogens with zero attached hydrogens (tertiary/aromatic N) is 1. The number of hydrogen-bond acceptors (Lipinski definition) is 7. The van der Waals surface area contributed by atoms with Crippen LogP contribution in [0.25, 0.3) is 0 Å². The number of carbonyl (C=O) groups excluding carboxylic acids is 3. The molecule has 1 aromatic rings. The lowest BCUT2D eigenvalue weighted by atomic mass is 10.1. The maximum atomic E-state index is 12.6. The van der Waals surface area contributed by atoms with Crippen LogP contribution in [0.3, 0.4) is 0 Å². The molecule has 10 heteroatoms. The van der Waals surface area contributed by atoms with Crippen LogP contribution in [0, 0.1) is 0 Å². The predicted octanol–water partition coefficient (Wildman–Crippen LogP) is 2.51. The minimum Gasteiger partial charge on any atom is -0.477 e. The number of carboxylic acids is 1. The molecule has 1 aromatic carbocycles. The van der Waals surface area contributed by atoms with Crippen molar-refractivity contribution in [3.8, 4) is 0 Å². The van der Waals surface area contributed by atoms with Gasteiger partial charge in [0.25, 0.3) is 0 Å². The summed E-state index contributed by atoms with van der Waals surface area (Å²) in [7, 11) is 0. The highest BCUT2D eigenvalue weighted by Gasteiger charge is 2.36. The zero-order valence-electron chi connectivity index (χ0n) is 17.3. The smallest absolute Gasteiger partial charge is 0.354 e. The molecule has 32 heavy (non-hydrogen) atoms. The van der Waals surface area contributed by atoms with Gasteiger partial charge >= 0.3 is 11.9 Å². The number of ether oxygens (including phenoxy) is 1. The summed E-state index contributed by atoms with van der Waals surface area (Å²) in [5, 5.41) is 10.6. The van der Waals surface area contributed by atoms with E-state index in [0.29, 0.717) is 12.0 Å². The molecule has 0 fully saturated rings. The Labute approximate surface area is 194 Å². The Balaban J connectivity index is 2.26. The Hall–Kier alpha value is -2.91. The van der Waals surface area contributed by atoms with Gasteiger partial charge in [-0.2, -0.15) is 0 Å². The van der Waals surface area contributed by atoms with Gasteiger partial charge in [0.1, 0.15) is 11.1 Å². The summed E-state index contributed by atoms with van der Waals surface area (Å²) < 4.78 is 5.21. The van der Waals surface area contributed by atoms with E-state index >= 15 is 0 Å². The summed E-state index contributed by atoms with van der Waals surface area (Å²) in [5.41, 5.74) is 0.859. The molecule has 0 radical (unpaired) electrons. The normalized spacial score (nSPS) is 18.1. The van der Waals surface area contributed by atoms with Crippen molar-refractivity contribution >= 4 is 52.2 Å². The van der Waals surface area contributed by atoms with Crippen LogP contribution >= 0.6 is 23.4 Å². The van der Waals surface area contributed by atoms with Crippen molar-refractivity contribution in [2.45, 2.75) is 31.2 Å². The third kappa shape index (κ3) is 7.97. The number of aliphatic imine (C=N–C) groups is 1. The Morgan fingerprint density at radius 2 is 2.03 bits per heavy atom. The first-order chi connectivity index (χ1) is 15.3. The molecular formula is C22H23ClN2O6S. The van der Waals surface area contributed by atoms with Crippen LogP contribution in [0.15, 0.2) is 59.1 Å². The second-order valence-corrected chi connectivity index (χ2v) is 8.19. The van der Waals surface area contributed by atoms with E-state index in [1.54, 1.807) is 24.3 Å². The van der Waals surface area contributed by atoms with E-state index in [-0.39, 0.29) is 24.5 Å². The summed E-state index contributed by atoms with van der Waals surface area (Å²) in [6, 6.07) is 7.86. The number of thioether (sulfide) groups is 1. The standard InChI is InChI=1S/C22H23ClN2O6S/c1-2-11-31-22(30)19(24-17(27)12-14-7-4-3-5-8-14)20-25-18(21(28)29)15(13-32-20)9-6-10-16(23)26/h3-10,19-20H,2,11-13H2,1H3,(H,24,27)(H,28,29)/b10-6+,15-9+. The van der Waals surface area contributed by atoms with Gasteiger partial charge in [0.05, 0.1) is 13.0 Å². The monoisotopic (exact) mass is 478 g/mol. The number of benzene rings is 1. The van der Waals surface area contributed by atoms with Crippen molar-refractivity contribution in [2.75, 3.05) is 12.4 Å². The first kappa shape index (κ1) is 25.4. The number of esters is 1. The largest absolute Gasteiger partial charge is 0.477 e. The molecule has 2 atom stereocenters. The molecule has 0 aromatic heterocycles. The SMILES string of the molecule is CCCOC(=O)C(NC(=O)Cc1ccccc1)C1N=C(C(=O)O)/C(=C/C=C/C(=O)Cl)CS1. The lowest BCUT2D eigenvalue weighted by Crippen LogP contribution is -2.49. The number of nitrogens with one attached hydrogen (secondary N) is 1. The molecule has 0 aliphatic carbocycles. The molecule has 2 N–H and O–H groups in total. The van der Waals surface area contributed by atoms with Crippen molar-refractivity contribution in [2.24, 2.45) is 4.99 Å². The van der Waals surface area contributed by atoms with E-state index < -0.39 is 34.5 Å². The van der Waals surface area contributed by atoms with E-state index in [2.05, 4.69) is 10.3 Å². The number of amides is 1. The van der Waals surface area contributed by atoms with Gasteiger partial charge in [0.2, 0.25) is 11.1 Å². The Morgan fingerprint density at radius 3 is 2.66 bits per heavy atom. The third-order valence-corrected chi connectivity index (χ3v) is 5.53. The lowest BCUT2D eigenvalue weighted by Gasteiger charge is -2.27. The predicted molar refractivity (Wildman–Crippen MR) is 123 cm³/mol. The van der Waals surface area contributed by atoms with Gasteiger partial charge in [-0.15, -0.1) is 11.8 Å². The van der Waals surface area contributed by atoms with Crippen LogP contribution < -0.4 is 5.32 Å². The van der Waals surface area contributed by atoms with E-state index in [0.717, 1.165) is 11.6 Å². The van der Waals surface area contributed by atoms with E-state index in [9.17, 15) is 24.3 Å². The molecule has 2 unspecified atom stereocenters. The van der Waals surface area contributed by atoms with Crippen molar-refractivity contribution in [1.82, 2.24) is 5.32 Å². The maximum absolute atomic E-state index is 12.6. The second-order valence-electron chi connectivity index (χ2n) is 6.71. The summed E-state index contributed by atoms with van der Waals surface area (Å²) in [5.74, 6) is -2.18. The Morgan fingerprint density at radius 1 is 1.31 bits per heavy atom. The minimum atomic E-state index is -1.29. The van der Waals surface area contributed by atoms with Crippen LogP contribution in [0.4, 0.5) is 0 Å². The Bertz CT molecular complexity index is 945. The van der Waals surface area contributed by atoms with Gasteiger partial charge in [-0.05, 0) is 35.2 Å². The summed E-state index contributed by atoms with van der Waals surface area (Å²) >= 11 is 6.43. The number of carboxylic acid groups (broad SMARTS) is 1. The Kier molecular flexibility index (Phi) is 10.2. The molecule has 2 rings (SSSR count). The number of rotatable bonds is 10. The fourth-order valence-electron chi connectivity index (χ4n) is 2.77. The zero-order chi connectivity index (χ0) is 23.5. The first-order valence-corrected chi connectivity index (χ1v) is 11.2. The zero-order valence-corrected chi connectivity index (χ0v) is 18.9. The van der Waals surface area contributed by atoms with Crippen LogP contribution in [0.1, 0.15) is 18.9 Å². The first-order valence-electron chi connectivity index (χ1n) is 9.81. The van der Waals surface area contributed by atoms with Crippen molar-refractivity contribution in [1.29, 1.82) is 0 Å². The van der Waals surface area contributed by atoms with Crippen LogP contribution in [0.5, 0.6) is 0 Å². The third-order valence-electron chi connectivity index (χ3n) is 4.21. The number of aliphatic carboxylic acids is 1. The highest BCUT2D eigenvalue weighted by Crippen LogP contribution is 2.27. The summed E-state index contributed by atoms with van der Waals surface area (Å²) in [6.07, 6.45) is 4.48. The van der Waals surface area contributed by atoms with Crippen molar-refractivity contribution in [3.05, 3.63) is 59.7 Å². The van der Waals surface area contributed by atoms with Crippen LogP contribution in [-0.4, -0.2) is 57.7 Å². The number of allylic oxidation sites excluding steroid dienone is 3. The quantitative estimate of drug-likeness (QED) is 0.301. The topological polar surface area (TPSA) is 122 Å². The lowest BCUT2D eigenvalue weighted by molar-refractivity contribution is -0.147. The van der Waals surface area contributed by atoms with Crippen molar-refractivity contribution in [3.63, 3.8) is 0 Å². The molecule has 0 bridgehead atoms. The number of carbonyl (C=O) groups is 4. The van der Waals surface area contributed by atoms with Crippen LogP contribution in [0.2, 0.25) is 0 Å². The molecule has 1 aliphatic rings. The molecule has 0 saturated carbocycles. The molecule has 1 aliphatic heterocycles. The maximum Gasteiger partial charge on any atom is 0.354 e. The van der Waals surface area contributed by atoms with E-state index in [1.807, 2.05) is 13.0 Å². The van der Waals surface area contributed by atoms with Gasteiger partial charge in [0.15, 0.2) is 6.04 Å². The highest BCUT2D eigenvalue weighted by atomic mass is 35.5. The molecule has 8 nitrogen and oxygen atoms in total. The minimum absolute atomic E-state index is 0.0493.